The second-order valence-electron chi connectivity index (χ2n) is 6.30. The van der Waals surface area contributed by atoms with Crippen molar-refractivity contribution in [2.24, 2.45) is 0 Å². The number of rotatable bonds is 4. The van der Waals surface area contributed by atoms with Crippen LogP contribution in [0.2, 0.25) is 0 Å². The van der Waals surface area contributed by atoms with E-state index in [1.807, 2.05) is 12.1 Å². The van der Waals surface area contributed by atoms with E-state index < -0.39 is 0 Å². The number of nitrogen functional groups attached to an aromatic ring is 1. The molecule has 2 aromatic rings. The second-order valence-corrected chi connectivity index (χ2v) is 6.30. The van der Waals surface area contributed by atoms with Crippen LogP contribution in [0.5, 0.6) is 17.2 Å². The minimum atomic E-state index is -0.248. The lowest BCUT2D eigenvalue weighted by Gasteiger charge is -2.14. The Morgan fingerprint density at radius 3 is 2.62 bits per heavy atom. The molecule has 4 rings (SSSR count). The van der Waals surface area contributed by atoms with E-state index in [2.05, 4.69) is 5.32 Å². The van der Waals surface area contributed by atoms with Gasteiger partial charge in [0.1, 0.15) is 5.75 Å². The summed E-state index contributed by atoms with van der Waals surface area (Å²) in [5.41, 5.74) is 7.43. The van der Waals surface area contributed by atoms with Gasteiger partial charge in [-0.05, 0) is 43.9 Å². The third-order valence-electron chi connectivity index (χ3n) is 4.49. The summed E-state index contributed by atoms with van der Waals surface area (Å²) in [6, 6.07) is 10.5. The van der Waals surface area contributed by atoms with Gasteiger partial charge in [-0.25, -0.2) is 0 Å². The van der Waals surface area contributed by atoms with Crippen molar-refractivity contribution in [1.82, 2.24) is 0 Å². The lowest BCUT2D eigenvalue weighted by molar-refractivity contribution is 0.102. The van der Waals surface area contributed by atoms with Crippen molar-refractivity contribution in [3.05, 3.63) is 42.0 Å². The predicted octanol–water partition coefficient (Wildman–Crippen LogP) is 3.99. The molecule has 0 atom stereocenters. The van der Waals surface area contributed by atoms with E-state index in [9.17, 15) is 4.79 Å². The van der Waals surface area contributed by atoms with Crippen molar-refractivity contribution in [3.8, 4) is 17.2 Å². The highest BCUT2D eigenvalue weighted by Crippen LogP contribution is 2.38. The highest BCUT2D eigenvalue weighted by molar-refractivity contribution is 6.06. The molecule has 1 aliphatic carbocycles. The van der Waals surface area contributed by atoms with Gasteiger partial charge in [-0.15, -0.1) is 12.4 Å². The van der Waals surface area contributed by atoms with Gasteiger partial charge < -0.3 is 25.3 Å². The number of nitrogens with two attached hydrogens (primary N) is 1. The summed E-state index contributed by atoms with van der Waals surface area (Å²) in [4.78, 5) is 12.6. The van der Waals surface area contributed by atoms with Crippen LogP contribution in [0, 0.1) is 0 Å². The molecule has 6 nitrogen and oxygen atoms in total. The molecule has 0 radical (unpaired) electrons. The summed E-state index contributed by atoms with van der Waals surface area (Å²) >= 11 is 0. The molecule has 1 heterocycles. The van der Waals surface area contributed by atoms with Crippen LogP contribution in [0.15, 0.2) is 36.4 Å². The molecular formula is C19H21ClN2O4. The standard InChI is InChI=1S/C19H20N2O4.ClH/c20-15-9-17-18(24-11-23-17)10-16(15)21-19(22)12-4-3-7-14(8-12)25-13-5-1-2-6-13;/h3-4,7-10,13H,1-2,5-6,11,20H2,(H,21,22);1H. The minimum Gasteiger partial charge on any atom is -0.490 e. The summed E-state index contributed by atoms with van der Waals surface area (Å²) in [5, 5.41) is 2.82. The van der Waals surface area contributed by atoms with Crippen molar-refractivity contribution in [1.29, 1.82) is 0 Å². The van der Waals surface area contributed by atoms with Crippen LogP contribution < -0.4 is 25.3 Å². The molecular weight excluding hydrogens is 356 g/mol. The van der Waals surface area contributed by atoms with Gasteiger partial charge in [0.05, 0.1) is 17.5 Å². The normalized spacial score (nSPS) is 15.4. The summed E-state index contributed by atoms with van der Waals surface area (Å²) in [6.07, 6.45) is 4.80. The van der Waals surface area contributed by atoms with Gasteiger partial charge in [0.2, 0.25) is 6.79 Å². The Morgan fingerprint density at radius 2 is 1.85 bits per heavy atom. The van der Waals surface area contributed by atoms with Crippen LogP contribution in [0.25, 0.3) is 0 Å². The molecule has 0 spiro atoms. The molecule has 26 heavy (non-hydrogen) atoms. The zero-order valence-corrected chi connectivity index (χ0v) is 15.0. The highest BCUT2D eigenvalue weighted by Gasteiger charge is 2.19. The maximum atomic E-state index is 12.6. The first-order valence-electron chi connectivity index (χ1n) is 8.46. The van der Waals surface area contributed by atoms with Crippen molar-refractivity contribution >= 4 is 29.7 Å². The molecule has 7 heteroatoms. The van der Waals surface area contributed by atoms with Crippen LogP contribution in [-0.4, -0.2) is 18.8 Å². The van der Waals surface area contributed by atoms with Crippen molar-refractivity contribution in [2.45, 2.75) is 31.8 Å². The molecule has 1 amide bonds. The Morgan fingerprint density at radius 1 is 1.12 bits per heavy atom. The smallest absolute Gasteiger partial charge is 0.255 e. The summed E-state index contributed by atoms with van der Waals surface area (Å²) in [6.45, 7) is 0.159. The number of fused-ring (bicyclic) bond motifs is 1. The van der Waals surface area contributed by atoms with Gasteiger partial charge in [0.15, 0.2) is 11.5 Å². The Balaban J connectivity index is 0.00000196. The Bertz CT molecular complexity index is 806. The molecule has 1 saturated carbocycles. The average Bonchev–Trinajstić information content (AvgIpc) is 3.27. The van der Waals surface area contributed by atoms with Crippen LogP contribution in [0.1, 0.15) is 36.0 Å². The van der Waals surface area contributed by atoms with Crippen molar-refractivity contribution in [2.75, 3.05) is 17.8 Å². The number of nitrogens with one attached hydrogen (secondary N) is 1. The maximum Gasteiger partial charge on any atom is 0.255 e. The number of anilines is 2. The number of carbonyl (C=O) groups excluding carboxylic acids is 1. The summed E-state index contributed by atoms with van der Waals surface area (Å²) in [7, 11) is 0. The largest absolute Gasteiger partial charge is 0.490 e. The van der Waals surface area contributed by atoms with E-state index >= 15 is 0 Å². The third-order valence-corrected chi connectivity index (χ3v) is 4.49. The molecule has 0 aromatic heterocycles. The first kappa shape index (κ1) is 18.2. The van der Waals surface area contributed by atoms with Crippen LogP contribution >= 0.6 is 12.4 Å². The summed E-state index contributed by atoms with van der Waals surface area (Å²) in [5.74, 6) is 1.63. The topological polar surface area (TPSA) is 82.8 Å². The molecule has 0 unspecified atom stereocenters. The fourth-order valence-electron chi connectivity index (χ4n) is 3.17. The SMILES string of the molecule is Cl.Nc1cc2c(cc1NC(=O)c1cccc(OC3CCCC3)c1)OCO2. The number of hydrogen-bond acceptors (Lipinski definition) is 5. The molecule has 0 saturated heterocycles. The van der Waals surface area contributed by atoms with E-state index in [0.717, 1.165) is 18.6 Å². The molecule has 1 aliphatic heterocycles. The number of amides is 1. The first-order valence-corrected chi connectivity index (χ1v) is 8.46. The predicted molar refractivity (Wildman–Crippen MR) is 102 cm³/mol. The fraction of sp³-hybridized carbons (Fsp3) is 0.316. The van der Waals surface area contributed by atoms with Crippen LogP contribution in [0.4, 0.5) is 11.4 Å². The van der Waals surface area contributed by atoms with Crippen molar-refractivity contribution in [3.63, 3.8) is 0 Å². The third kappa shape index (κ3) is 3.80. The van der Waals surface area contributed by atoms with E-state index in [1.54, 1.807) is 24.3 Å². The molecule has 138 valence electrons. The monoisotopic (exact) mass is 376 g/mol. The van der Waals surface area contributed by atoms with Gasteiger partial charge in [-0.3, -0.25) is 4.79 Å². The number of carbonyl (C=O) groups is 1. The number of hydrogen-bond donors (Lipinski definition) is 2. The fourth-order valence-corrected chi connectivity index (χ4v) is 3.17. The lowest BCUT2D eigenvalue weighted by Crippen LogP contribution is -2.14. The average molecular weight is 377 g/mol. The molecule has 2 aliphatic rings. The Kier molecular flexibility index (Phi) is 5.42. The van der Waals surface area contributed by atoms with Gasteiger partial charge >= 0.3 is 0 Å². The van der Waals surface area contributed by atoms with E-state index in [4.69, 9.17) is 19.9 Å². The van der Waals surface area contributed by atoms with E-state index in [-0.39, 0.29) is 31.2 Å². The maximum absolute atomic E-state index is 12.6. The second kappa shape index (κ2) is 7.74. The zero-order valence-electron chi connectivity index (χ0n) is 14.2. The van der Waals surface area contributed by atoms with Crippen molar-refractivity contribution < 1.29 is 19.0 Å². The summed E-state index contributed by atoms with van der Waals surface area (Å²) < 4.78 is 16.6. The van der Waals surface area contributed by atoms with Crippen LogP contribution in [0.3, 0.4) is 0 Å². The molecule has 0 bridgehead atoms. The first-order chi connectivity index (χ1) is 12.2. The van der Waals surface area contributed by atoms with Gasteiger partial charge in [-0.1, -0.05) is 6.07 Å². The number of halogens is 1. The van der Waals surface area contributed by atoms with Gasteiger partial charge in [-0.2, -0.15) is 0 Å². The Labute approximate surface area is 158 Å². The van der Waals surface area contributed by atoms with Gasteiger partial charge in [0, 0.05) is 17.7 Å². The van der Waals surface area contributed by atoms with Crippen LogP contribution in [-0.2, 0) is 0 Å². The number of ether oxygens (including phenoxy) is 3. The highest BCUT2D eigenvalue weighted by atomic mass is 35.5. The number of benzene rings is 2. The van der Waals surface area contributed by atoms with E-state index in [0.29, 0.717) is 28.4 Å². The van der Waals surface area contributed by atoms with E-state index in [1.165, 1.54) is 12.8 Å². The lowest BCUT2D eigenvalue weighted by atomic mass is 10.1. The quantitative estimate of drug-likeness (QED) is 0.788. The molecule has 1 fully saturated rings. The zero-order chi connectivity index (χ0) is 17.2. The Hall–Kier alpha value is -2.60. The van der Waals surface area contributed by atoms with Gasteiger partial charge in [0.25, 0.3) is 5.91 Å². The molecule has 3 N–H and O–H groups in total. The molecule has 2 aromatic carbocycles. The minimum absolute atomic E-state index is 0.